The van der Waals surface area contributed by atoms with Gasteiger partial charge >= 0.3 is 0 Å². The largest absolute Gasteiger partial charge is 0.294 e. The highest BCUT2D eigenvalue weighted by molar-refractivity contribution is 6.29. The van der Waals surface area contributed by atoms with Crippen LogP contribution < -0.4 is 5.32 Å². The second kappa shape index (κ2) is 7.01. The van der Waals surface area contributed by atoms with Crippen LogP contribution in [-0.2, 0) is 11.2 Å². The average molecular weight is 290 g/mol. The molecule has 5 heteroatoms. The third kappa shape index (κ3) is 4.63. The zero-order valence-corrected chi connectivity index (χ0v) is 12.0. The van der Waals surface area contributed by atoms with Gasteiger partial charge in [0.2, 0.25) is 11.9 Å². The smallest absolute Gasteiger partial charge is 0.231 e. The molecule has 1 aromatic carbocycles. The minimum Gasteiger partial charge on any atom is -0.294 e. The predicted octanol–water partition coefficient (Wildman–Crippen LogP) is 3.40. The van der Waals surface area contributed by atoms with E-state index >= 15 is 0 Å². The predicted molar refractivity (Wildman–Crippen MR) is 79.8 cm³/mol. The number of nitrogens with zero attached hydrogens (tertiary/aromatic N) is 2. The minimum absolute atomic E-state index is 0.0948. The number of halogens is 1. The van der Waals surface area contributed by atoms with Crippen molar-refractivity contribution in [2.45, 2.75) is 26.2 Å². The summed E-state index contributed by atoms with van der Waals surface area (Å²) >= 11 is 5.82. The number of nitrogens with one attached hydrogen (secondary N) is 1. The fourth-order valence-electron chi connectivity index (χ4n) is 1.87. The molecule has 0 bridgehead atoms. The number of hydrogen-bond donors (Lipinski definition) is 1. The SMILES string of the molecule is Cc1cc(Cl)nc(NC(=O)CCCc2ccccc2)n1. The highest BCUT2D eigenvalue weighted by Crippen LogP contribution is 2.10. The number of aromatic nitrogens is 2. The molecular formula is C15H16ClN3O. The molecular weight excluding hydrogens is 274 g/mol. The van der Waals surface area contributed by atoms with Gasteiger partial charge in [0.1, 0.15) is 5.15 Å². The van der Waals surface area contributed by atoms with Crippen LogP contribution in [0.2, 0.25) is 5.15 Å². The van der Waals surface area contributed by atoms with Crippen molar-refractivity contribution in [3.05, 3.63) is 52.8 Å². The Morgan fingerprint density at radius 3 is 2.70 bits per heavy atom. The quantitative estimate of drug-likeness (QED) is 0.858. The van der Waals surface area contributed by atoms with E-state index < -0.39 is 0 Å². The molecule has 0 aliphatic carbocycles. The summed E-state index contributed by atoms with van der Waals surface area (Å²) in [4.78, 5) is 19.9. The van der Waals surface area contributed by atoms with Crippen LogP contribution in [-0.4, -0.2) is 15.9 Å². The third-order valence-electron chi connectivity index (χ3n) is 2.79. The zero-order chi connectivity index (χ0) is 14.4. The van der Waals surface area contributed by atoms with Crippen LogP contribution >= 0.6 is 11.6 Å². The minimum atomic E-state index is -0.0948. The van der Waals surface area contributed by atoms with Crippen molar-refractivity contribution in [3.63, 3.8) is 0 Å². The molecule has 0 radical (unpaired) electrons. The molecule has 1 aromatic heterocycles. The Morgan fingerprint density at radius 2 is 2.00 bits per heavy atom. The first-order valence-corrected chi connectivity index (χ1v) is 6.86. The Morgan fingerprint density at radius 1 is 1.25 bits per heavy atom. The Balaban J connectivity index is 1.81. The lowest BCUT2D eigenvalue weighted by Crippen LogP contribution is -2.14. The lowest BCUT2D eigenvalue weighted by Gasteiger charge is -2.05. The summed E-state index contributed by atoms with van der Waals surface area (Å²) in [6.07, 6.45) is 2.10. The maximum Gasteiger partial charge on any atom is 0.231 e. The van der Waals surface area contributed by atoms with Crippen molar-refractivity contribution in [1.82, 2.24) is 9.97 Å². The number of aryl methyl sites for hydroxylation is 2. The standard InChI is InChI=1S/C15H16ClN3O/c1-11-10-13(16)18-15(17-11)19-14(20)9-5-8-12-6-3-2-4-7-12/h2-4,6-7,10H,5,8-9H2,1H3,(H,17,18,19,20). The molecule has 0 fully saturated rings. The molecule has 1 N–H and O–H groups in total. The number of hydrogen-bond acceptors (Lipinski definition) is 3. The highest BCUT2D eigenvalue weighted by atomic mass is 35.5. The van der Waals surface area contributed by atoms with E-state index in [9.17, 15) is 4.79 Å². The van der Waals surface area contributed by atoms with E-state index in [1.165, 1.54) is 5.56 Å². The van der Waals surface area contributed by atoms with Crippen LogP contribution in [0.5, 0.6) is 0 Å². The number of carbonyl (C=O) groups is 1. The summed E-state index contributed by atoms with van der Waals surface area (Å²) in [6.45, 7) is 1.80. The van der Waals surface area contributed by atoms with Gasteiger partial charge in [-0.1, -0.05) is 41.9 Å². The van der Waals surface area contributed by atoms with Gasteiger partial charge in [0.05, 0.1) is 0 Å². The van der Waals surface area contributed by atoms with Gasteiger partial charge in [0.15, 0.2) is 0 Å². The van der Waals surface area contributed by atoms with Crippen LogP contribution in [0, 0.1) is 6.92 Å². The van der Waals surface area contributed by atoms with Crippen LogP contribution in [0.25, 0.3) is 0 Å². The van der Waals surface area contributed by atoms with Crippen LogP contribution in [0.4, 0.5) is 5.95 Å². The van der Waals surface area contributed by atoms with Gasteiger partial charge < -0.3 is 0 Å². The van der Waals surface area contributed by atoms with E-state index in [0.29, 0.717) is 11.6 Å². The molecule has 104 valence electrons. The summed E-state index contributed by atoms with van der Waals surface area (Å²) in [7, 11) is 0. The molecule has 4 nitrogen and oxygen atoms in total. The van der Waals surface area contributed by atoms with E-state index in [0.717, 1.165) is 18.5 Å². The summed E-state index contributed by atoms with van der Waals surface area (Å²) in [5, 5.41) is 2.99. The van der Waals surface area contributed by atoms with Crippen molar-refractivity contribution >= 4 is 23.5 Å². The Bertz CT molecular complexity index is 567. The molecule has 2 rings (SSSR count). The molecule has 0 saturated carbocycles. The normalized spacial score (nSPS) is 10.3. The van der Waals surface area contributed by atoms with Gasteiger partial charge in [0, 0.05) is 12.1 Å². The van der Waals surface area contributed by atoms with Crippen molar-refractivity contribution in [2.24, 2.45) is 0 Å². The number of benzene rings is 1. The monoisotopic (exact) mass is 289 g/mol. The lowest BCUT2D eigenvalue weighted by atomic mass is 10.1. The number of carbonyl (C=O) groups excluding carboxylic acids is 1. The molecule has 0 saturated heterocycles. The zero-order valence-electron chi connectivity index (χ0n) is 11.3. The maximum absolute atomic E-state index is 11.8. The summed E-state index contributed by atoms with van der Waals surface area (Å²) < 4.78 is 0. The first-order valence-electron chi connectivity index (χ1n) is 6.48. The van der Waals surface area contributed by atoms with Crippen molar-refractivity contribution < 1.29 is 4.79 Å². The average Bonchev–Trinajstić information content (AvgIpc) is 2.38. The fraction of sp³-hybridized carbons (Fsp3) is 0.267. The van der Waals surface area contributed by atoms with Crippen LogP contribution in [0.3, 0.4) is 0 Å². The van der Waals surface area contributed by atoms with Crippen molar-refractivity contribution in [2.75, 3.05) is 5.32 Å². The number of amides is 1. The van der Waals surface area contributed by atoms with E-state index in [1.54, 1.807) is 13.0 Å². The molecule has 0 unspecified atom stereocenters. The van der Waals surface area contributed by atoms with E-state index in [4.69, 9.17) is 11.6 Å². The molecule has 1 amide bonds. The van der Waals surface area contributed by atoms with Crippen molar-refractivity contribution in [3.8, 4) is 0 Å². The first kappa shape index (κ1) is 14.5. The van der Waals surface area contributed by atoms with Gasteiger partial charge in [-0.15, -0.1) is 0 Å². The molecule has 0 spiro atoms. The summed E-state index contributed by atoms with van der Waals surface area (Å²) in [6, 6.07) is 11.7. The molecule has 1 heterocycles. The van der Waals surface area contributed by atoms with Gasteiger partial charge in [-0.3, -0.25) is 10.1 Å². The van der Waals surface area contributed by atoms with Gasteiger partial charge in [-0.05, 0) is 31.4 Å². The second-order valence-electron chi connectivity index (χ2n) is 4.54. The topological polar surface area (TPSA) is 54.9 Å². The maximum atomic E-state index is 11.8. The Hall–Kier alpha value is -1.94. The van der Waals surface area contributed by atoms with Gasteiger partial charge in [-0.25, -0.2) is 9.97 Å². The molecule has 0 aliphatic rings. The Kier molecular flexibility index (Phi) is 5.07. The fourth-order valence-corrected chi connectivity index (χ4v) is 2.11. The first-order chi connectivity index (χ1) is 9.63. The van der Waals surface area contributed by atoms with Crippen molar-refractivity contribution in [1.29, 1.82) is 0 Å². The third-order valence-corrected chi connectivity index (χ3v) is 2.98. The molecule has 0 aliphatic heterocycles. The lowest BCUT2D eigenvalue weighted by molar-refractivity contribution is -0.116. The number of anilines is 1. The number of rotatable bonds is 5. The molecule has 2 aromatic rings. The van der Waals surface area contributed by atoms with E-state index in [-0.39, 0.29) is 11.9 Å². The molecule has 0 atom stereocenters. The van der Waals surface area contributed by atoms with Gasteiger partial charge in [-0.2, -0.15) is 0 Å². The second-order valence-corrected chi connectivity index (χ2v) is 4.93. The summed E-state index contributed by atoms with van der Waals surface area (Å²) in [5.41, 5.74) is 1.96. The molecule has 20 heavy (non-hydrogen) atoms. The van der Waals surface area contributed by atoms with Crippen LogP contribution in [0.1, 0.15) is 24.1 Å². The summed E-state index contributed by atoms with van der Waals surface area (Å²) in [5.74, 6) is 0.169. The highest BCUT2D eigenvalue weighted by Gasteiger charge is 2.06. The van der Waals surface area contributed by atoms with Gasteiger partial charge in [0.25, 0.3) is 0 Å². The van der Waals surface area contributed by atoms with E-state index in [1.807, 2.05) is 18.2 Å². The van der Waals surface area contributed by atoms with Crippen LogP contribution in [0.15, 0.2) is 36.4 Å². The van der Waals surface area contributed by atoms with E-state index in [2.05, 4.69) is 27.4 Å². The Labute approximate surface area is 123 Å².